The van der Waals surface area contributed by atoms with Crippen LogP contribution in [0, 0.1) is 0 Å². The Balaban J connectivity index is 1.30. The third kappa shape index (κ3) is 4.13. The predicted octanol–water partition coefficient (Wildman–Crippen LogP) is 4.65. The molecule has 7 heteroatoms. The number of halogens is 3. The van der Waals surface area contributed by atoms with E-state index < -0.39 is 11.7 Å². The summed E-state index contributed by atoms with van der Waals surface area (Å²) in [6, 6.07) is 11.1. The lowest BCUT2D eigenvalue weighted by Crippen LogP contribution is -2.35. The molecule has 1 fully saturated rings. The summed E-state index contributed by atoms with van der Waals surface area (Å²) in [4.78, 5) is 2.16. The number of fused-ring (bicyclic) bond motifs is 1. The Kier molecular flexibility index (Phi) is 4.86. The highest BCUT2D eigenvalue weighted by Gasteiger charge is 2.31. The van der Waals surface area contributed by atoms with E-state index in [2.05, 4.69) is 4.90 Å². The summed E-state index contributed by atoms with van der Waals surface area (Å²) in [5, 5.41) is 0. The largest absolute Gasteiger partial charge is 0.478 e. The first kappa shape index (κ1) is 18.0. The minimum Gasteiger partial charge on any atom is -0.478 e. The first-order valence-electron chi connectivity index (χ1n) is 8.91. The topological polar surface area (TPSA) is 30.9 Å². The molecule has 0 saturated carbocycles. The fraction of sp³-hybridized carbons (Fsp3) is 0.400. The molecule has 4 nitrogen and oxygen atoms in total. The lowest BCUT2D eigenvalue weighted by molar-refractivity contribution is -0.137. The van der Waals surface area contributed by atoms with Gasteiger partial charge in [0.2, 0.25) is 6.79 Å². The quantitative estimate of drug-likeness (QED) is 0.774. The maximum Gasteiger partial charge on any atom is 0.416 e. The van der Waals surface area contributed by atoms with Crippen LogP contribution in [0.5, 0.6) is 17.2 Å². The third-order valence-corrected chi connectivity index (χ3v) is 5.03. The van der Waals surface area contributed by atoms with Crippen LogP contribution in [-0.4, -0.2) is 31.5 Å². The molecular weight excluding hydrogens is 359 g/mol. The molecule has 0 atom stereocenters. The minimum atomic E-state index is -4.30. The summed E-state index contributed by atoms with van der Waals surface area (Å²) >= 11 is 0. The van der Waals surface area contributed by atoms with E-state index in [1.807, 2.05) is 12.1 Å². The molecule has 0 bridgehead atoms. The average Bonchev–Trinajstić information content (AvgIpc) is 3.14. The zero-order valence-corrected chi connectivity index (χ0v) is 14.7. The summed E-state index contributed by atoms with van der Waals surface area (Å²) in [5.41, 5.74) is 0.190. The van der Waals surface area contributed by atoms with Gasteiger partial charge in [-0.1, -0.05) is 18.2 Å². The highest BCUT2D eigenvalue weighted by molar-refractivity contribution is 5.46. The molecule has 144 valence electrons. The lowest BCUT2D eigenvalue weighted by Gasteiger charge is -2.32. The lowest BCUT2D eigenvalue weighted by atomic mass is 9.89. The number of nitrogens with zero attached hydrogens (tertiary/aromatic N) is 1. The van der Waals surface area contributed by atoms with E-state index in [0.29, 0.717) is 24.0 Å². The predicted molar refractivity (Wildman–Crippen MR) is 93.1 cm³/mol. The molecule has 2 heterocycles. The Labute approximate surface area is 155 Å². The summed E-state index contributed by atoms with van der Waals surface area (Å²) in [6.45, 7) is 2.23. The molecule has 0 N–H and O–H groups in total. The van der Waals surface area contributed by atoms with Crippen molar-refractivity contribution in [2.24, 2.45) is 0 Å². The van der Waals surface area contributed by atoms with Crippen LogP contribution in [0.1, 0.15) is 29.9 Å². The first-order chi connectivity index (χ1) is 13.0. The zero-order chi connectivity index (χ0) is 18.9. The van der Waals surface area contributed by atoms with E-state index in [9.17, 15) is 13.2 Å². The van der Waals surface area contributed by atoms with Crippen LogP contribution in [-0.2, 0) is 6.18 Å². The van der Waals surface area contributed by atoms with Crippen molar-refractivity contribution in [3.05, 3.63) is 53.6 Å². The van der Waals surface area contributed by atoms with Crippen molar-refractivity contribution in [1.29, 1.82) is 0 Å². The zero-order valence-electron chi connectivity index (χ0n) is 14.7. The normalized spacial score (nSPS) is 17.9. The maximum atomic E-state index is 12.9. The van der Waals surface area contributed by atoms with Gasteiger partial charge in [-0.3, -0.25) is 4.90 Å². The van der Waals surface area contributed by atoms with E-state index in [0.717, 1.165) is 37.6 Å². The molecule has 2 aromatic carbocycles. The van der Waals surface area contributed by atoms with E-state index >= 15 is 0 Å². The van der Waals surface area contributed by atoms with Crippen molar-refractivity contribution in [2.45, 2.75) is 24.9 Å². The van der Waals surface area contributed by atoms with Gasteiger partial charge in [-0.15, -0.1) is 0 Å². The molecule has 0 aliphatic carbocycles. The molecule has 2 aromatic rings. The third-order valence-electron chi connectivity index (χ3n) is 5.03. The monoisotopic (exact) mass is 379 g/mol. The molecule has 0 unspecified atom stereocenters. The van der Waals surface area contributed by atoms with Crippen molar-refractivity contribution in [3.63, 3.8) is 0 Å². The number of hydrogen-bond donors (Lipinski definition) is 0. The van der Waals surface area contributed by atoms with Gasteiger partial charge in [0, 0.05) is 19.2 Å². The molecule has 4 rings (SSSR count). The van der Waals surface area contributed by atoms with Crippen molar-refractivity contribution in [3.8, 4) is 17.2 Å². The molecular formula is C20H20F3NO3. The van der Waals surface area contributed by atoms with Gasteiger partial charge in [-0.05, 0) is 42.5 Å². The number of rotatable bonds is 4. The number of hydrogen-bond acceptors (Lipinski definition) is 4. The molecule has 27 heavy (non-hydrogen) atoms. The van der Waals surface area contributed by atoms with Gasteiger partial charge < -0.3 is 14.2 Å². The SMILES string of the molecule is FC(F)(F)c1cccc(C2CCN(COc3ccc4c(c3)OCO4)CC2)c1. The highest BCUT2D eigenvalue weighted by atomic mass is 19.4. The second-order valence-electron chi connectivity index (χ2n) is 6.80. The van der Waals surface area contributed by atoms with Crippen LogP contribution in [0.15, 0.2) is 42.5 Å². The van der Waals surface area contributed by atoms with E-state index in [-0.39, 0.29) is 12.7 Å². The highest BCUT2D eigenvalue weighted by Crippen LogP contribution is 2.36. The minimum absolute atomic E-state index is 0.147. The van der Waals surface area contributed by atoms with Crippen LogP contribution in [0.25, 0.3) is 0 Å². The summed E-state index contributed by atoms with van der Waals surface area (Å²) < 4.78 is 55.1. The van der Waals surface area contributed by atoms with Crippen molar-refractivity contribution in [2.75, 3.05) is 26.6 Å². The van der Waals surface area contributed by atoms with Gasteiger partial charge in [-0.2, -0.15) is 13.2 Å². The van der Waals surface area contributed by atoms with Crippen molar-refractivity contribution < 1.29 is 27.4 Å². The Bertz CT molecular complexity index is 801. The number of piperidine rings is 1. The van der Waals surface area contributed by atoms with Crippen LogP contribution in [0.3, 0.4) is 0 Å². The van der Waals surface area contributed by atoms with Crippen LogP contribution in [0.4, 0.5) is 13.2 Å². The smallest absolute Gasteiger partial charge is 0.416 e. The number of benzene rings is 2. The fourth-order valence-corrected chi connectivity index (χ4v) is 3.50. The van der Waals surface area contributed by atoms with Gasteiger partial charge in [0.1, 0.15) is 12.5 Å². The standard InChI is InChI=1S/C20H20F3NO3/c21-20(22,23)16-3-1-2-15(10-16)14-6-8-24(9-7-14)12-25-17-4-5-18-19(11-17)27-13-26-18/h1-5,10-11,14H,6-9,12-13H2. The Morgan fingerprint density at radius 1 is 1.00 bits per heavy atom. The Morgan fingerprint density at radius 2 is 1.78 bits per heavy atom. The van der Waals surface area contributed by atoms with Crippen molar-refractivity contribution in [1.82, 2.24) is 4.90 Å². The molecule has 0 spiro atoms. The molecule has 0 amide bonds. The van der Waals surface area contributed by atoms with Gasteiger partial charge in [0.15, 0.2) is 11.5 Å². The van der Waals surface area contributed by atoms with Gasteiger partial charge in [0.05, 0.1) is 5.56 Å². The average molecular weight is 379 g/mol. The summed E-state index contributed by atoms with van der Waals surface area (Å²) in [5.74, 6) is 2.24. The van der Waals surface area contributed by atoms with Gasteiger partial charge in [-0.25, -0.2) is 0 Å². The summed E-state index contributed by atoms with van der Waals surface area (Å²) in [6.07, 6.45) is -2.67. The van der Waals surface area contributed by atoms with E-state index in [1.165, 1.54) is 12.1 Å². The fourth-order valence-electron chi connectivity index (χ4n) is 3.50. The first-order valence-corrected chi connectivity index (χ1v) is 8.91. The number of alkyl halides is 3. The van der Waals surface area contributed by atoms with Crippen LogP contribution in [0.2, 0.25) is 0 Å². The molecule has 1 saturated heterocycles. The second kappa shape index (κ2) is 7.31. The molecule has 2 aliphatic heterocycles. The van der Waals surface area contributed by atoms with E-state index in [4.69, 9.17) is 14.2 Å². The number of likely N-dealkylation sites (tertiary alicyclic amines) is 1. The Hall–Kier alpha value is -2.41. The Morgan fingerprint density at radius 3 is 2.56 bits per heavy atom. The van der Waals surface area contributed by atoms with Crippen LogP contribution >= 0.6 is 0 Å². The van der Waals surface area contributed by atoms with Crippen LogP contribution < -0.4 is 14.2 Å². The van der Waals surface area contributed by atoms with Gasteiger partial charge in [0.25, 0.3) is 0 Å². The van der Waals surface area contributed by atoms with E-state index in [1.54, 1.807) is 12.1 Å². The summed E-state index contributed by atoms with van der Waals surface area (Å²) in [7, 11) is 0. The molecule has 0 radical (unpaired) electrons. The number of ether oxygens (including phenoxy) is 3. The molecule has 2 aliphatic rings. The van der Waals surface area contributed by atoms with Crippen molar-refractivity contribution >= 4 is 0 Å². The second-order valence-corrected chi connectivity index (χ2v) is 6.80. The van der Waals surface area contributed by atoms with Gasteiger partial charge >= 0.3 is 6.18 Å². The molecule has 0 aromatic heterocycles. The maximum absolute atomic E-state index is 12.9.